The van der Waals surface area contributed by atoms with Crippen molar-refractivity contribution in [3.63, 3.8) is 0 Å². The normalized spacial score (nSPS) is 14.4. The zero-order valence-electron chi connectivity index (χ0n) is 34.0. The van der Waals surface area contributed by atoms with Crippen molar-refractivity contribution in [3.05, 3.63) is 69.8 Å². The van der Waals surface area contributed by atoms with E-state index in [1.165, 1.54) is 136 Å². The van der Waals surface area contributed by atoms with E-state index < -0.39 is 8.25 Å². The molecule has 2 aromatic carbocycles. The summed E-state index contributed by atoms with van der Waals surface area (Å²) in [7, 11) is -2.24. The molecule has 0 bridgehead atoms. The molecule has 3 nitrogen and oxygen atoms in total. The summed E-state index contributed by atoms with van der Waals surface area (Å²) < 4.78 is 25.6. The van der Waals surface area contributed by atoms with Crippen molar-refractivity contribution in [3.8, 4) is 0 Å². The Kier molecular flexibility index (Phi) is 24.2. The lowest BCUT2D eigenvalue weighted by atomic mass is 9.83. The van der Waals surface area contributed by atoms with E-state index in [9.17, 15) is 4.57 Å². The average molecular weight is 710 g/mol. The van der Waals surface area contributed by atoms with E-state index in [1.54, 1.807) is 0 Å². The summed E-state index contributed by atoms with van der Waals surface area (Å²) >= 11 is 0. The van der Waals surface area contributed by atoms with Gasteiger partial charge in [0.25, 0.3) is 0 Å². The van der Waals surface area contributed by atoms with Crippen LogP contribution in [0.1, 0.15) is 192 Å². The van der Waals surface area contributed by atoms with Crippen LogP contribution in [0.2, 0.25) is 0 Å². The van der Waals surface area contributed by atoms with Crippen molar-refractivity contribution in [2.75, 3.05) is 0 Å². The fourth-order valence-electron chi connectivity index (χ4n) is 7.81. The molecular formula is C46H78O3P+. The number of hydrogen-bond acceptors (Lipinski definition) is 3. The maximum atomic E-state index is 13.4. The van der Waals surface area contributed by atoms with Crippen LogP contribution in [0, 0.1) is 23.7 Å². The number of hydrogen-bond donors (Lipinski definition) is 0. The molecule has 0 aliphatic carbocycles. The molecule has 284 valence electrons. The Balaban J connectivity index is 2.27. The SMILES string of the molecule is CCCCC(CC)Cc1cccc(CO[P+](=O)OCc2cccc(CC(CC)CCCC)c2CC(CC)CCCC)c1CC(CC)CCCC. The van der Waals surface area contributed by atoms with E-state index in [1.807, 2.05) is 0 Å². The van der Waals surface area contributed by atoms with Gasteiger partial charge in [-0.15, -0.1) is 9.05 Å². The van der Waals surface area contributed by atoms with Gasteiger partial charge >= 0.3 is 8.25 Å². The third-order valence-electron chi connectivity index (χ3n) is 11.6. The molecule has 0 saturated carbocycles. The van der Waals surface area contributed by atoms with Crippen molar-refractivity contribution in [2.24, 2.45) is 23.7 Å². The quantitative estimate of drug-likeness (QED) is 0.0758. The number of rotatable bonds is 30. The maximum absolute atomic E-state index is 13.4. The van der Waals surface area contributed by atoms with Crippen LogP contribution in [0.25, 0.3) is 0 Å². The van der Waals surface area contributed by atoms with E-state index in [-0.39, 0.29) is 0 Å². The van der Waals surface area contributed by atoms with Crippen molar-refractivity contribution < 1.29 is 13.6 Å². The fraction of sp³-hybridized carbons (Fsp3) is 0.739. The summed E-state index contributed by atoms with van der Waals surface area (Å²) in [6.45, 7) is 19.2. The Bertz CT molecular complexity index is 1090. The molecule has 0 aromatic heterocycles. The predicted octanol–water partition coefficient (Wildman–Crippen LogP) is 15.1. The highest BCUT2D eigenvalue weighted by molar-refractivity contribution is 7.33. The zero-order valence-corrected chi connectivity index (χ0v) is 34.9. The van der Waals surface area contributed by atoms with Crippen LogP contribution in [-0.4, -0.2) is 0 Å². The van der Waals surface area contributed by atoms with Gasteiger partial charge in [-0.1, -0.05) is 195 Å². The molecule has 50 heavy (non-hydrogen) atoms. The molecule has 0 N–H and O–H groups in total. The lowest BCUT2D eigenvalue weighted by molar-refractivity contribution is 0.211. The van der Waals surface area contributed by atoms with Crippen LogP contribution in [0.5, 0.6) is 0 Å². The summed E-state index contributed by atoms with van der Waals surface area (Å²) in [4.78, 5) is 0. The summed E-state index contributed by atoms with van der Waals surface area (Å²) in [5.41, 5.74) is 8.21. The Hall–Kier alpha value is -1.54. The molecule has 0 fully saturated rings. The fourth-order valence-corrected chi connectivity index (χ4v) is 8.37. The van der Waals surface area contributed by atoms with Crippen LogP contribution in [0.4, 0.5) is 0 Å². The summed E-state index contributed by atoms with van der Waals surface area (Å²) in [5.74, 6) is 2.75. The van der Waals surface area contributed by atoms with Gasteiger partial charge in [-0.05, 0) is 82.7 Å². The largest absolute Gasteiger partial charge is 0.698 e. The summed E-state index contributed by atoms with van der Waals surface area (Å²) in [6.07, 6.45) is 24.5. The molecule has 4 heteroatoms. The molecule has 0 radical (unpaired) electrons. The first-order valence-electron chi connectivity index (χ1n) is 21.3. The van der Waals surface area contributed by atoms with Gasteiger partial charge < -0.3 is 0 Å². The highest BCUT2D eigenvalue weighted by Crippen LogP contribution is 2.34. The molecule has 0 saturated heterocycles. The second kappa shape index (κ2) is 27.1. The Morgan fingerprint density at radius 2 is 0.760 bits per heavy atom. The van der Waals surface area contributed by atoms with Gasteiger partial charge in [-0.2, -0.15) is 0 Å². The van der Waals surface area contributed by atoms with Crippen LogP contribution >= 0.6 is 8.25 Å². The van der Waals surface area contributed by atoms with Crippen LogP contribution in [0.3, 0.4) is 0 Å². The van der Waals surface area contributed by atoms with Gasteiger partial charge in [0.15, 0.2) is 0 Å². The minimum atomic E-state index is -2.24. The average Bonchev–Trinajstić information content (AvgIpc) is 3.14. The lowest BCUT2D eigenvalue weighted by Crippen LogP contribution is -2.12. The highest BCUT2D eigenvalue weighted by atomic mass is 31.1. The van der Waals surface area contributed by atoms with Crippen LogP contribution in [0.15, 0.2) is 36.4 Å². The van der Waals surface area contributed by atoms with E-state index in [0.717, 1.165) is 25.7 Å². The third-order valence-corrected chi connectivity index (χ3v) is 12.2. The monoisotopic (exact) mass is 710 g/mol. The molecule has 0 amide bonds. The van der Waals surface area contributed by atoms with Crippen LogP contribution < -0.4 is 0 Å². The smallest absolute Gasteiger partial charge is 0.114 e. The van der Waals surface area contributed by atoms with Crippen molar-refractivity contribution in [1.29, 1.82) is 0 Å². The Morgan fingerprint density at radius 1 is 0.460 bits per heavy atom. The van der Waals surface area contributed by atoms with E-state index >= 15 is 0 Å². The molecule has 0 aliphatic rings. The van der Waals surface area contributed by atoms with E-state index in [0.29, 0.717) is 36.9 Å². The van der Waals surface area contributed by atoms with Gasteiger partial charge in [-0.25, -0.2) is 0 Å². The molecule has 2 aromatic rings. The van der Waals surface area contributed by atoms with Gasteiger partial charge in [0.05, 0.1) is 0 Å². The Labute approximate surface area is 311 Å². The number of benzene rings is 2. The van der Waals surface area contributed by atoms with Gasteiger partial charge in [-0.3, -0.25) is 0 Å². The molecule has 0 spiro atoms. The van der Waals surface area contributed by atoms with Crippen molar-refractivity contribution >= 4 is 8.25 Å². The summed E-state index contributed by atoms with van der Waals surface area (Å²) in [6, 6.07) is 13.5. The van der Waals surface area contributed by atoms with Crippen LogP contribution in [-0.2, 0) is 52.5 Å². The standard InChI is InChI=1S/C46H78O3P/c1-9-17-23-37(13-5)31-41-27-21-29-43(45(41)33-39(15-7)25-19-11-3)35-48-50(47)49-36-44-30-22-28-42(32-38(14-6)24-18-10-2)46(44)34-40(16-8)26-20-12-4/h21-22,27-30,37-40H,9-20,23-26,31-36H2,1-8H3/q+1. The molecule has 0 heterocycles. The third kappa shape index (κ3) is 16.4. The van der Waals surface area contributed by atoms with Gasteiger partial charge in [0.1, 0.15) is 13.2 Å². The predicted molar refractivity (Wildman–Crippen MR) is 218 cm³/mol. The molecule has 4 unspecified atom stereocenters. The first kappa shape index (κ1) is 44.6. The maximum Gasteiger partial charge on any atom is 0.698 e. The lowest BCUT2D eigenvalue weighted by Gasteiger charge is -2.22. The topological polar surface area (TPSA) is 35.5 Å². The minimum absolute atomic E-state index is 0.339. The van der Waals surface area contributed by atoms with Gasteiger partial charge in [0.2, 0.25) is 0 Å². The second-order valence-corrected chi connectivity index (χ2v) is 16.3. The highest BCUT2D eigenvalue weighted by Gasteiger charge is 2.25. The zero-order chi connectivity index (χ0) is 36.6. The van der Waals surface area contributed by atoms with E-state index in [2.05, 4.69) is 91.8 Å². The molecule has 0 aliphatic heterocycles. The number of unbranched alkanes of at least 4 members (excludes halogenated alkanes) is 4. The first-order valence-corrected chi connectivity index (χ1v) is 22.4. The van der Waals surface area contributed by atoms with E-state index in [4.69, 9.17) is 9.05 Å². The molecule has 4 atom stereocenters. The second-order valence-electron chi connectivity index (χ2n) is 15.4. The minimum Gasteiger partial charge on any atom is -0.114 e. The molecule has 2 rings (SSSR count). The van der Waals surface area contributed by atoms with Gasteiger partial charge in [0, 0.05) is 4.57 Å². The Morgan fingerprint density at radius 3 is 1.06 bits per heavy atom. The van der Waals surface area contributed by atoms with Crippen molar-refractivity contribution in [2.45, 2.75) is 197 Å². The van der Waals surface area contributed by atoms with Crippen molar-refractivity contribution in [1.82, 2.24) is 0 Å². The molecular weight excluding hydrogens is 631 g/mol. The first-order chi connectivity index (χ1) is 24.4. The summed E-state index contributed by atoms with van der Waals surface area (Å²) in [5, 5.41) is 0.